The third-order valence-corrected chi connectivity index (χ3v) is 7.37. The normalized spacial score (nSPS) is 17.9. The summed E-state index contributed by atoms with van der Waals surface area (Å²) in [6.07, 6.45) is 1.41. The van der Waals surface area contributed by atoms with Gasteiger partial charge in [-0.15, -0.1) is 0 Å². The predicted octanol–water partition coefficient (Wildman–Crippen LogP) is 5.19. The molecule has 0 radical (unpaired) electrons. The molecule has 0 spiro atoms. The Morgan fingerprint density at radius 3 is 2.24 bits per heavy atom. The second-order valence-electron chi connectivity index (χ2n) is 9.75. The third kappa shape index (κ3) is 5.47. The first-order chi connectivity index (χ1) is 18.1. The van der Waals surface area contributed by atoms with Gasteiger partial charge in [0.1, 0.15) is 5.54 Å². The van der Waals surface area contributed by atoms with Gasteiger partial charge in [0.15, 0.2) is 0 Å². The first kappa shape index (κ1) is 24.8. The lowest BCUT2D eigenvalue weighted by atomic mass is 9.83. The van der Waals surface area contributed by atoms with Crippen LogP contribution in [0.25, 0.3) is 0 Å². The standard InChI is InChI=1S/C30H34N4O3/c1-2-37-29(36)31-26-15-9-10-23(20-26)21-33-18-16-27(17-19-33)34-22-30(32-28(34)35,24-11-5-3-6-12-24)25-13-7-4-8-14-25/h3-15,20,27H,2,16-19,21-22H2,1H3,(H,31,36)(H,32,35). The van der Waals surface area contributed by atoms with Crippen LogP contribution in [0.5, 0.6) is 0 Å². The molecule has 2 aliphatic rings. The van der Waals surface area contributed by atoms with E-state index in [1.165, 1.54) is 0 Å². The number of nitrogens with zero attached hydrogens (tertiary/aromatic N) is 2. The fourth-order valence-corrected chi connectivity index (χ4v) is 5.53. The molecule has 3 aromatic carbocycles. The van der Waals surface area contributed by atoms with E-state index in [1.54, 1.807) is 6.92 Å². The van der Waals surface area contributed by atoms with Crippen molar-refractivity contribution in [1.82, 2.24) is 15.1 Å². The summed E-state index contributed by atoms with van der Waals surface area (Å²) in [5.74, 6) is 0. The molecule has 2 saturated heterocycles. The fraction of sp³-hybridized carbons (Fsp3) is 0.333. The molecule has 0 aliphatic carbocycles. The molecule has 0 saturated carbocycles. The van der Waals surface area contributed by atoms with Gasteiger partial charge in [-0.05, 0) is 48.6 Å². The number of hydrogen-bond acceptors (Lipinski definition) is 4. The first-order valence-electron chi connectivity index (χ1n) is 13.0. The van der Waals surface area contributed by atoms with Gasteiger partial charge in [-0.25, -0.2) is 9.59 Å². The minimum Gasteiger partial charge on any atom is -0.450 e. The lowest BCUT2D eigenvalue weighted by Crippen LogP contribution is -2.46. The van der Waals surface area contributed by atoms with Crippen molar-refractivity contribution in [1.29, 1.82) is 0 Å². The highest BCUT2D eigenvalue weighted by molar-refractivity contribution is 5.84. The number of anilines is 1. The summed E-state index contributed by atoms with van der Waals surface area (Å²) < 4.78 is 4.98. The zero-order valence-corrected chi connectivity index (χ0v) is 21.2. The Hall–Kier alpha value is -3.84. The number of benzene rings is 3. The Labute approximate surface area is 218 Å². The van der Waals surface area contributed by atoms with Crippen LogP contribution in [0.3, 0.4) is 0 Å². The molecule has 2 aliphatic heterocycles. The molecule has 3 amide bonds. The van der Waals surface area contributed by atoms with Crippen molar-refractivity contribution in [3.05, 3.63) is 102 Å². The molecule has 192 valence electrons. The Kier molecular flexibility index (Phi) is 7.42. The van der Waals surface area contributed by atoms with Gasteiger partial charge in [0.2, 0.25) is 0 Å². The van der Waals surface area contributed by atoms with Crippen LogP contribution in [0.4, 0.5) is 15.3 Å². The van der Waals surface area contributed by atoms with Crippen LogP contribution in [0.2, 0.25) is 0 Å². The molecule has 2 heterocycles. The zero-order chi connectivity index (χ0) is 25.7. The van der Waals surface area contributed by atoms with E-state index in [2.05, 4.69) is 45.9 Å². The van der Waals surface area contributed by atoms with Crippen molar-refractivity contribution in [2.45, 2.75) is 37.9 Å². The van der Waals surface area contributed by atoms with Gasteiger partial charge in [-0.1, -0.05) is 72.8 Å². The maximum absolute atomic E-state index is 13.3. The average Bonchev–Trinajstić information content (AvgIpc) is 3.29. The van der Waals surface area contributed by atoms with E-state index in [4.69, 9.17) is 4.74 Å². The zero-order valence-electron chi connectivity index (χ0n) is 21.2. The number of piperidine rings is 1. The molecule has 7 nitrogen and oxygen atoms in total. The largest absolute Gasteiger partial charge is 0.450 e. The monoisotopic (exact) mass is 498 g/mol. The van der Waals surface area contributed by atoms with Gasteiger partial charge in [-0.3, -0.25) is 10.2 Å². The summed E-state index contributed by atoms with van der Waals surface area (Å²) in [4.78, 5) is 29.5. The van der Waals surface area contributed by atoms with E-state index >= 15 is 0 Å². The highest BCUT2D eigenvalue weighted by atomic mass is 16.5. The molecule has 0 aromatic heterocycles. The van der Waals surface area contributed by atoms with E-state index in [9.17, 15) is 9.59 Å². The number of ether oxygens (including phenoxy) is 1. The minimum atomic E-state index is -0.552. The van der Waals surface area contributed by atoms with Crippen molar-refractivity contribution in [3.63, 3.8) is 0 Å². The number of rotatable bonds is 7. The summed E-state index contributed by atoms with van der Waals surface area (Å²) in [5, 5.41) is 6.13. The van der Waals surface area contributed by atoms with E-state index in [0.717, 1.165) is 54.9 Å². The van der Waals surface area contributed by atoms with E-state index in [0.29, 0.717) is 13.2 Å². The van der Waals surface area contributed by atoms with Crippen LogP contribution in [-0.2, 0) is 16.8 Å². The van der Waals surface area contributed by atoms with Gasteiger partial charge < -0.3 is 15.0 Å². The Bertz CT molecular complexity index is 1170. The highest BCUT2D eigenvalue weighted by Crippen LogP contribution is 2.36. The molecule has 0 atom stereocenters. The number of carbonyl (C=O) groups is 2. The quantitative estimate of drug-likeness (QED) is 0.470. The molecular formula is C30H34N4O3. The number of amides is 3. The molecule has 0 unspecified atom stereocenters. The fourth-order valence-electron chi connectivity index (χ4n) is 5.53. The highest BCUT2D eigenvalue weighted by Gasteiger charge is 2.47. The van der Waals surface area contributed by atoms with Crippen LogP contribution in [-0.4, -0.2) is 54.2 Å². The summed E-state index contributed by atoms with van der Waals surface area (Å²) in [5.41, 5.74) is 3.52. The average molecular weight is 499 g/mol. The lowest BCUT2D eigenvalue weighted by molar-refractivity contribution is 0.129. The van der Waals surface area contributed by atoms with Gasteiger partial charge in [0, 0.05) is 31.4 Å². The van der Waals surface area contributed by atoms with Gasteiger partial charge >= 0.3 is 12.1 Å². The minimum absolute atomic E-state index is 0.00361. The van der Waals surface area contributed by atoms with Crippen LogP contribution in [0, 0.1) is 0 Å². The molecule has 7 heteroatoms. The maximum Gasteiger partial charge on any atom is 0.411 e. The van der Waals surface area contributed by atoms with Gasteiger partial charge in [-0.2, -0.15) is 0 Å². The molecule has 2 N–H and O–H groups in total. The van der Waals surface area contributed by atoms with Crippen molar-refractivity contribution < 1.29 is 14.3 Å². The molecule has 3 aromatic rings. The molecule has 0 bridgehead atoms. The third-order valence-electron chi connectivity index (χ3n) is 7.37. The van der Waals surface area contributed by atoms with E-state index in [1.807, 2.05) is 59.5 Å². The van der Waals surface area contributed by atoms with Crippen LogP contribution in [0.15, 0.2) is 84.9 Å². The maximum atomic E-state index is 13.3. The van der Waals surface area contributed by atoms with Crippen molar-refractivity contribution in [2.75, 3.05) is 31.6 Å². The summed E-state index contributed by atoms with van der Waals surface area (Å²) in [6.45, 7) is 5.37. The lowest BCUT2D eigenvalue weighted by Gasteiger charge is -2.37. The summed E-state index contributed by atoms with van der Waals surface area (Å²) >= 11 is 0. The molecule has 5 rings (SSSR count). The SMILES string of the molecule is CCOC(=O)Nc1cccc(CN2CCC(N3CC(c4ccccc4)(c4ccccc4)NC3=O)CC2)c1. The predicted molar refractivity (Wildman–Crippen MR) is 144 cm³/mol. The van der Waals surface area contributed by atoms with E-state index in [-0.39, 0.29) is 12.1 Å². The second kappa shape index (κ2) is 11.0. The second-order valence-corrected chi connectivity index (χ2v) is 9.75. The topological polar surface area (TPSA) is 73.9 Å². The van der Waals surface area contributed by atoms with Crippen molar-refractivity contribution in [2.24, 2.45) is 0 Å². The van der Waals surface area contributed by atoms with Crippen LogP contribution >= 0.6 is 0 Å². The Morgan fingerprint density at radius 1 is 0.973 bits per heavy atom. The molecule has 2 fully saturated rings. The number of carbonyl (C=O) groups excluding carboxylic acids is 2. The van der Waals surface area contributed by atoms with Crippen molar-refractivity contribution >= 4 is 17.8 Å². The summed E-state index contributed by atoms with van der Waals surface area (Å²) in [7, 11) is 0. The van der Waals surface area contributed by atoms with Crippen molar-refractivity contribution in [3.8, 4) is 0 Å². The number of hydrogen-bond donors (Lipinski definition) is 2. The van der Waals surface area contributed by atoms with Crippen LogP contribution in [0.1, 0.15) is 36.5 Å². The van der Waals surface area contributed by atoms with Crippen LogP contribution < -0.4 is 10.6 Å². The first-order valence-corrected chi connectivity index (χ1v) is 13.0. The Balaban J connectivity index is 1.24. The Morgan fingerprint density at radius 2 is 1.62 bits per heavy atom. The smallest absolute Gasteiger partial charge is 0.411 e. The number of urea groups is 1. The summed E-state index contributed by atoms with van der Waals surface area (Å²) in [6, 6.07) is 28.6. The van der Waals surface area contributed by atoms with Gasteiger partial charge in [0.05, 0.1) is 13.2 Å². The van der Waals surface area contributed by atoms with Gasteiger partial charge in [0.25, 0.3) is 0 Å². The van der Waals surface area contributed by atoms with E-state index < -0.39 is 11.6 Å². The molecule has 37 heavy (non-hydrogen) atoms. The molecular weight excluding hydrogens is 464 g/mol. The number of nitrogens with one attached hydrogen (secondary N) is 2. The number of likely N-dealkylation sites (tertiary alicyclic amines) is 1.